The Labute approximate surface area is 84.7 Å². The molecule has 0 heterocycles. The van der Waals surface area contributed by atoms with Crippen LogP contribution in [0.25, 0.3) is 0 Å². The highest BCUT2D eigenvalue weighted by atomic mass is 35.5. The molecule has 0 spiro atoms. The van der Waals surface area contributed by atoms with Crippen molar-refractivity contribution in [2.24, 2.45) is 5.41 Å². The Hall–Kier alpha value is -0.280. The van der Waals surface area contributed by atoms with Gasteiger partial charge in [-0.3, -0.25) is 4.79 Å². The summed E-state index contributed by atoms with van der Waals surface area (Å²) in [5.41, 5.74) is -0.535. The second-order valence-electron chi connectivity index (χ2n) is 3.63. The SMILES string of the molecule is CCN(CCO)C(=O)C(C)(C)CCl. The first-order valence-electron chi connectivity index (χ1n) is 4.45. The number of aliphatic hydroxyl groups excluding tert-OH is 1. The molecule has 0 aliphatic rings. The van der Waals surface area contributed by atoms with Crippen LogP contribution in [0, 0.1) is 5.41 Å². The van der Waals surface area contributed by atoms with Gasteiger partial charge in [-0.1, -0.05) is 0 Å². The Morgan fingerprint density at radius 3 is 2.38 bits per heavy atom. The van der Waals surface area contributed by atoms with E-state index in [0.29, 0.717) is 19.0 Å². The standard InChI is InChI=1S/C9H18ClNO2/c1-4-11(5-6-12)8(13)9(2,3)7-10/h12H,4-7H2,1-3H3. The molecule has 0 bridgehead atoms. The molecule has 0 aromatic heterocycles. The van der Waals surface area contributed by atoms with Gasteiger partial charge in [0.1, 0.15) is 0 Å². The fraction of sp³-hybridized carbons (Fsp3) is 0.889. The molecule has 0 aromatic rings. The highest BCUT2D eigenvalue weighted by Gasteiger charge is 2.30. The van der Waals surface area contributed by atoms with Gasteiger partial charge in [0.15, 0.2) is 0 Å². The van der Waals surface area contributed by atoms with Crippen LogP contribution in [0.3, 0.4) is 0 Å². The molecule has 0 aliphatic heterocycles. The molecule has 0 aromatic carbocycles. The summed E-state index contributed by atoms with van der Waals surface area (Å²) in [7, 11) is 0. The van der Waals surface area contributed by atoms with Gasteiger partial charge in [0, 0.05) is 19.0 Å². The molecule has 4 heteroatoms. The van der Waals surface area contributed by atoms with E-state index in [1.807, 2.05) is 20.8 Å². The lowest BCUT2D eigenvalue weighted by molar-refractivity contribution is -0.139. The van der Waals surface area contributed by atoms with Gasteiger partial charge in [-0.15, -0.1) is 11.6 Å². The van der Waals surface area contributed by atoms with Crippen molar-refractivity contribution in [3.05, 3.63) is 0 Å². The Balaban J connectivity index is 4.36. The normalized spacial score (nSPS) is 11.5. The van der Waals surface area contributed by atoms with Crippen LogP contribution >= 0.6 is 11.6 Å². The van der Waals surface area contributed by atoms with Crippen LogP contribution in [0.15, 0.2) is 0 Å². The summed E-state index contributed by atoms with van der Waals surface area (Å²) in [6, 6.07) is 0. The third kappa shape index (κ3) is 3.53. The summed E-state index contributed by atoms with van der Waals surface area (Å²) in [5, 5.41) is 8.73. The summed E-state index contributed by atoms with van der Waals surface area (Å²) >= 11 is 5.68. The topological polar surface area (TPSA) is 40.5 Å². The van der Waals surface area contributed by atoms with Gasteiger partial charge in [0.05, 0.1) is 12.0 Å². The number of carbonyl (C=O) groups excluding carboxylic acids is 1. The smallest absolute Gasteiger partial charge is 0.229 e. The van der Waals surface area contributed by atoms with Gasteiger partial charge >= 0.3 is 0 Å². The number of amides is 1. The van der Waals surface area contributed by atoms with E-state index in [9.17, 15) is 4.79 Å². The highest BCUT2D eigenvalue weighted by molar-refractivity contribution is 6.19. The van der Waals surface area contributed by atoms with Crippen molar-refractivity contribution in [2.45, 2.75) is 20.8 Å². The van der Waals surface area contributed by atoms with Crippen LogP contribution < -0.4 is 0 Å². The number of likely N-dealkylation sites (N-methyl/N-ethyl adjacent to an activating group) is 1. The second-order valence-corrected chi connectivity index (χ2v) is 3.89. The number of nitrogens with zero attached hydrogens (tertiary/aromatic N) is 1. The van der Waals surface area contributed by atoms with Crippen molar-refractivity contribution in [2.75, 3.05) is 25.6 Å². The Bertz CT molecular complexity index is 171. The van der Waals surface area contributed by atoms with Gasteiger partial charge in [-0.2, -0.15) is 0 Å². The third-order valence-electron chi connectivity index (χ3n) is 1.95. The number of carbonyl (C=O) groups is 1. The number of halogens is 1. The Morgan fingerprint density at radius 1 is 1.54 bits per heavy atom. The lowest BCUT2D eigenvalue weighted by atomic mass is 9.94. The van der Waals surface area contributed by atoms with E-state index >= 15 is 0 Å². The van der Waals surface area contributed by atoms with Crippen molar-refractivity contribution in [1.82, 2.24) is 4.90 Å². The van der Waals surface area contributed by atoms with Crippen LogP contribution in [-0.4, -0.2) is 41.5 Å². The highest BCUT2D eigenvalue weighted by Crippen LogP contribution is 2.20. The predicted octanol–water partition coefficient (Wildman–Crippen LogP) is 1.09. The summed E-state index contributed by atoms with van der Waals surface area (Å²) in [6.07, 6.45) is 0. The number of hydrogen-bond donors (Lipinski definition) is 1. The van der Waals surface area contributed by atoms with Gasteiger partial charge < -0.3 is 10.0 Å². The molecule has 78 valence electrons. The fourth-order valence-corrected chi connectivity index (χ4v) is 1.12. The summed E-state index contributed by atoms with van der Waals surface area (Å²) < 4.78 is 0. The average Bonchev–Trinajstić information content (AvgIpc) is 2.13. The number of rotatable bonds is 5. The lowest BCUT2D eigenvalue weighted by Gasteiger charge is -2.29. The van der Waals surface area contributed by atoms with Crippen LogP contribution in [0.2, 0.25) is 0 Å². The molecule has 3 nitrogen and oxygen atoms in total. The van der Waals surface area contributed by atoms with Gasteiger partial charge in [0.25, 0.3) is 0 Å². The number of alkyl halides is 1. The first kappa shape index (κ1) is 12.7. The summed E-state index contributed by atoms with van der Waals surface area (Å²) in [5.74, 6) is 0.298. The molecule has 0 fully saturated rings. The van der Waals surface area contributed by atoms with E-state index < -0.39 is 5.41 Å². The van der Waals surface area contributed by atoms with Crippen molar-refractivity contribution in [3.63, 3.8) is 0 Å². The van der Waals surface area contributed by atoms with Crippen molar-refractivity contribution in [1.29, 1.82) is 0 Å². The average molecular weight is 208 g/mol. The van der Waals surface area contributed by atoms with Crippen LogP contribution in [0.4, 0.5) is 0 Å². The quantitative estimate of drug-likeness (QED) is 0.686. The minimum Gasteiger partial charge on any atom is -0.395 e. The van der Waals surface area contributed by atoms with Crippen LogP contribution in [0.5, 0.6) is 0 Å². The zero-order valence-electron chi connectivity index (χ0n) is 8.51. The molecule has 0 unspecified atom stereocenters. The zero-order chi connectivity index (χ0) is 10.5. The lowest BCUT2D eigenvalue weighted by Crippen LogP contribution is -2.43. The number of aliphatic hydroxyl groups is 1. The second kappa shape index (κ2) is 5.45. The van der Waals surface area contributed by atoms with Crippen LogP contribution in [-0.2, 0) is 4.79 Å². The predicted molar refractivity (Wildman–Crippen MR) is 53.8 cm³/mol. The summed E-state index contributed by atoms with van der Waals surface area (Å²) in [4.78, 5) is 13.4. The molecule has 1 N–H and O–H groups in total. The minimum absolute atomic E-state index is 0.000880. The molecule has 0 radical (unpaired) electrons. The molecule has 1 amide bonds. The number of hydrogen-bond acceptors (Lipinski definition) is 2. The molecule has 0 atom stereocenters. The Kier molecular flexibility index (Phi) is 5.33. The van der Waals surface area contributed by atoms with E-state index in [1.54, 1.807) is 4.90 Å². The zero-order valence-corrected chi connectivity index (χ0v) is 9.26. The maximum atomic E-state index is 11.7. The first-order valence-corrected chi connectivity index (χ1v) is 4.99. The first-order chi connectivity index (χ1) is 5.99. The molecule has 13 heavy (non-hydrogen) atoms. The molecule has 0 saturated heterocycles. The molecular weight excluding hydrogens is 190 g/mol. The molecule has 0 rings (SSSR count). The maximum absolute atomic E-state index is 11.7. The van der Waals surface area contributed by atoms with Crippen LogP contribution in [0.1, 0.15) is 20.8 Å². The van der Waals surface area contributed by atoms with E-state index in [2.05, 4.69) is 0 Å². The van der Waals surface area contributed by atoms with Crippen molar-refractivity contribution < 1.29 is 9.90 Å². The maximum Gasteiger partial charge on any atom is 0.229 e. The molecular formula is C9H18ClNO2. The van der Waals surface area contributed by atoms with Gasteiger partial charge in [0.2, 0.25) is 5.91 Å². The Morgan fingerprint density at radius 2 is 2.08 bits per heavy atom. The van der Waals surface area contributed by atoms with E-state index in [4.69, 9.17) is 16.7 Å². The van der Waals surface area contributed by atoms with Gasteiger partial charge in [-0.25, -0.2) is 0 Å². The monoisotopic (exact) mass is 207 g/mol. The molecule has 0 aliphatic carbocycles. The third-order valence-corrected chi connectivity index (χ3v) is 2.62. The fourth-order valence-electron chi connectivity index (χ4n) is 1.01. The van der Waals surface area contributed by atoms with E-state index in [0.717, 1.165) is 0 Å². The van der Waals surface area contributed by atoms with Crippen molar-refractivity contribution in [3.8, 4) is 0 Å². The van der Waals surface area contributed by atoms with E-state index in [1.165, 1.54) is 0 Å². The van der Waals surface area contributed by atoms with E-state index in [-0.39, 0.29) is 12.5 Å². The molecule has 0 saturated carbocycles. The van der Waals surface area contributed by atoms with Crippen molar-refractivity contribution >= 4 is 17.5 Å². The minimum atomic E-state index is -0.535. The largest absolute Gasteiger partial charge is 0.395 e. The summed E-state index contributed by atoms with van der Waals surface area (Å²) in [6.45, 7) is 6.50. The van der Waals surface area contributed by atoms with Gasteiger partial charge in [-0.05, 0) is 20.8 Å².